The van der Waals surface area contributed by atoms with Crippen LogP contribution < -0.4 is 16.2 Å². The van der Waals surface area contributed by atoms with E-state index in [1.807, 2.05) is 43.3 Å². The van der Waals surface area contributed by atoms with Crippen LogP contribution in [0.3, 0.4) is 0 Å². The van der Waals surface area contributed by atoms with E-state index >= 15 is 0 Å². The first-order chi connectivity index (χ1) is 8.74. The minimum atomic E-state index is -0.332. The van der Waals surface area contributed by atoms with E-state index in [1.165, 1.54) is 0 Å². The van der Waals surface area contributed by atoms with Crippen molar-refractivity contribution in [1.29, 1.82) is 0 Å². The molecule has 0 bridgehead atoms. The first-order valence-electron chi connectivity index (χ1n) is 5.91. The van der Waals surface area contributed by atoms with Crippen LogP contribution in [0.25, 0.3) is 0 Å². The fourth-order valence-electron chi connectivity index (χ4n) is 1.88. The Labute approximate surface area is 107 Å². The summed E-state index contributed by atoms with van der Waals surface area (Å²) in [5.74, 6) is 1.24. The van der Waals surface area contributed by atoms with Crippen molar-refractivity contribution in [3.63, 3.8) is 0 Å². The molecule has 4 nitrogen and oxygen atoms in total. The molecule has 2 rings (SSSR count). The van der Waals surface area contributed by atoms with Crippen molar-refractivity contribution in [2.24, 2.45) is 5.73 Å². The second kappa shape index (κ2) is 5.51. The molecular weight excluding hydrogens is 226 g/mol. The van der Waals surface area contributed by atoms with Crippen LogP contribution in [0.2, 0.25) is 0 Å². The second-order valence-corrected chi connectivity index (χ2v) is 3.93. The Kier molecular flexibility index (Phi) is 3.79. The summed E-state index contributed by atoms with van der Waals surface area (Å²) in [4.78, 5) is 4.06. The number of benzene rings is 1. The minimum absolute atomic E-state index is 0.332. The van der Waals surface area contributed by atoms with Gasteiger partial charge in [0, 0.05) is 17.3 Å². The fourth-order valence-corrected chi connectivity index (χ4v) is 1.88. The molecule has 0 fully saturated rings. The zero-order chi connectivity index (χ0) is 13.0. The Bertz CT molecular complexity index is 528. The van der Waals surface area contributed by atoms with Crippen LogP contribution in [0.1, 0.15) is 24.1 Å². The molecule has 0 aliphatic carbocycles. The van der Waals surface area contributed by atoms with Crippen LogP contribution in [-0.2, 0) is 0 Å². The lowest BCUT2D eigenvalue weighted by molar-refractivity contribution is 0.335. The lowest BCUT2D eigenvalue weighted by atomic mass is 9.99. The molecule has 94 valence electrons. The van der Waals surface area contributed by atoms with E-state index in [-0.39, 0.29) is 6.04 Å². The number of anilines is 1. The smallest absolute Gasteiger partial charge is 0.128 e. The van der Waals surface area contributed by atoms with Gasteiger partial charge in [-0.15, -0.1) is 0 Å². The number of pyridine rings is 1. The molecule has 0 aliphatic rings. The fraction of sp³-hybridized carbons (Fsp3) is 0.214. The molecule has 4 heteroatoms. The van der Waals surface area contributed by atoms with Gasteiger partial charge in [0.05, 0.1) is 12.6 Å². The maximum Gasteiger partial charge on any atom is 0.128 e. The van der Waals surface area contributed by atoms with Crippen molar-refractivity contribution in [3.8, 4) is 5.75 Å². The van der Waals surface area contributed by atoms with Gasteiger partial charge in [-0.3, -0.25) is 0 Å². The molecule has 0 spiro atoms. The van der Waals surface area contributed by atoms with Gasteiger partial charge < -0.3 is 16.2 Å². The predicted molar refractivity (Wildman–Crippen MR) is 72.3 cm³/mol. The van der Waals surface area contributed by atoms with Gasteiger partial charge in [0.1, 0.15) is 11.6 Å². The van der Waals surface area contributed by atoms with Crippen molar-refractivity contribution >= 4 is 5.82 Å². The van der Waals surface area contributed by atoms with E-state index in [9.17, 15) is 0 Å². The number of aromatic nitrogens is 1. The lowest BCUT2D eigenvalue weighted by Crippen LogP contribution is -2.15. The second-order valence-electron chi connectivity index (χ2n) is 3.93. The van der Waals surface area contributed by atoms with Crippen molar-refractivity contribution < 1.29 is 4.74 Å². The van der Waals surface area contributed by atoms with Crippen LogP contribution in [0.15, 0.2) is 42.6 Å². The first-order valence-corrected chi connectivity index (χ1v) is 5.91. The maximum atomic E-state index is 6.25. The number of rotatable bonds is 4. The summed E-state index contributed by atoms with van der Waals surface area (Å²) in [6.07, 6.45) is 1.65. The highest BCUT2D eigenvalue weighted by Crippen LogP contribution is 2.29. The van der Waals surface area contributed by atoms with E-state index in [0.717, 1.165) is 16.9 Å². The maximum absolute atomic E-state index is 6.25. The Morgan fingerprint density at radius 1 is 1.17 bits per heavy atom. The SMILES string of the molecule is CCOc1ccccc1C(N)c1cccnc1N. The van der Waals surface area contributed by atoms with Crippen molar-refractivity contribution in [2.45, 2.75) is 13.0 Å². The molecule has 1 unspecified atom stereocenters. The van der Waals surface area contributed by atoms with Crippen molar-refractivity contribution in [3.05, 3.63) is 53.7 Å². The molecule has 1 atom stereocenters. The number of nitrogen functional groups attached to an aromatic ring is 1. The standard InChI is InChI=1S/C14H17N3O/c1-2-18-12-8-4-3-6-10(12)13(15)11-7-5-9-17-14(11)16/h3-9,13H,2,15H2,1H3,(H2,16,17). The van der Waals surface area contributed by atoms with E-state index in [2.05, 4.69) is 4.98 Å². The summed E-state index contributed by atoms with van der Waals surface area (Å²) in [6, 6.07) is 11.1. The molecule has 18 heavy (non-hydrogen) atoms. The third-order valence-electron chi connectivity index (χ3n) is 2.76. The number of hydrogen-bond donors (Lipinski definition) is 2. The Hall–Kier alpha value is -2.07. The molecule has 0 saturated heterocycles. The largest absolute Gasteiger partial charge is 0.494 e. The van der Waals surface area contributed by atoms with Crippen LogP contribution in [0.5, 0.6) is 5.75 Å². The van der Waals surface area contributed by atoms with E-state index in [4.69, 9.17) is 16.2 Å². The first kappa shape index (κ1) is 12.4. The summed E-state index contributed by atoms with van der Waals surface area (Å²) in [7, 11) is 0. The molecule has 0 radical (unpaired) electrons. The summed E-state index contributed by atoms with van der Waals surface area (Å²) in [5.41, 5.74) is 13.8. The summed E-state index contributed by atoms with van der Waals surface area (Å²) in [6.45, 7) is 2.55. The monoisotopic (exact) mass is 243 g/mol. The minimum Gasteiger partial charge on any atom is -0.494 e. The Balaban J connectivity index is 2.40. The number of para-hydroxylation sites is 1. The molecule has 1 aromatic carbocycles. The lowest BCUT2D eigenvalue weighted by Gasteiger charge is -2.17. The summed E-state index contributed by atoms with van der Waals surface area (Å²) < 4.78 is 5.58. The molecule has 1 heterocycles. The highest BCUT2D eigenvalue weighted by molar-refractivity contribution is 5.48. The van der Waals surface area contributed by atoms with Gasteiger partial charge in [0.25, 0.3) is 0 Å². The molecule has 0 amide bonds. The van der Waals surface area contributed by atoms with Crippen LogP contribution >= 0.6 is 0 Å². The van der Waals surface area contributed by atoms with Crippen LogP contribution in [0.4, 0.5) is 5.82 Å². The quantitative estimate of drug-likeness (QED) is 0.862. The van der Waals surface area contributed by atoms with E-state index in [1.54, 1.807) is 6.20 Å². The number of ether oxygens (including phenoxy) is 1. The van der Waals surface area contributed by atoms with Gasteiger partial charge >= 0.3 is 0 Å². The average molecular weight is 243 g/mol. The van der Waals surface area contributed by atoms with Gasteiger partial charge in [-0.1, -0.05) is 24.3 Å². The van der Waals surface area contributed by atoms with E-state index < -0.39 is 0 Å². The molecule has 2 aromatic rings. The zero-order valence-corrected chi connectivity index (χ0v) is 10.3. The summed E-state index contributed by atoms with van der Waals surface area (Å²) in [5, 5.41) is 0. The topological polar surface area (TPSA) is 74.2 Å². The zero-order valence-electron chi connectivity index (χ0n) is 10.3. The van der Waals surface area contributed by atoms with Crippen molar-refractivity contribution in [2.75, 3.05) is 12.3 Å². The normalized spacial score (nSPS) is 12.1. The third-order valence-corrected chi connectivity index (χ3v) is 2.76. The van der Waals surface area contributed by atoms with E-state index in [0.29, 0.717) is 12.4 Å². The Morgan fingerprint density at radius 3 is 2.61 bits per heavy atom. The predicted octanol–water partition coefficient (Wildman–Crippen LogP) is 2.11. The Morgan fingerprint density at radius 2 is 1.89 bits per heavy atom. The van der Waals surface area contributed by atoms with Crippen molar-refractivity contribution in [1.82, 2.24) is 4.98 Å². The number of nitrogens with zero attached hydrogens (tertiary/aromatic N) is 1. The van der Waals surface area contributed by atoms with Gasteiger partial charge in [0.2, 0.25) is 0 Å². The van der Waals surface area contributed by atoms with Gasteiger partial charge in [-0.25, -0.2) is 4.98 Å². The highest BCUT2D eigenvalue weighted by atomic mass is 16.5. The molecular formula is C14H17N3O. The third kappa shape index (κ3) is 2.43. The molecule has 4 N–H and O–H groups in total. The number of hydrogen-bond acceptors (Lipinski definition) is 4. The van der Waals surface area contributed by atoms with Gasteiger partial charge in [-0.05, 0) is 19.1 Å². The highest BCUT2D eigenvalue weighted by Gasteiger charge is 2.16. The van der Waals surface area contributed by atoms with Gasteiger partial charge in [-0.2, -0.15) is 0 Å². The van der Waals surface area contributed by atoms with Crippen LogP contribution in [-0.4, -0.2) is 11.6 Å². The average Bonchev–Trinajstić information content (AvgIpc) is 2.40. The summed E-state index contributed by atoms with van der Waals surface area (Å²) >= 11 is 0. The molecule has 0 aliphatic heterocycles. The van der Waals surface area contributed by atoms with Crippen LogP contribution in [0, 0.1) is 0 Å². The number of nitrogens with two attached hydrogens (primary N) is 2. The van der Waals surface area contributed by atoms with Gasteiger partial charge in [0.15, 0.2) is 0 Å². The molecule has 1 aromatic heterocycles. The molecule has 0 saturated carbocycles.